The Hall–Kier alpha value is -1.11. The van der Waals surface area contributed by atoms with Gasteiger partial charge in [-0.15, -0.1) is 0 Å². The summed E-state index contributed by atoms with van der Waals surface area (Å²) in [5.41, 5.74) is 1.20. The number of ether oxygens (including phenoxy) is 1. The van der Waals surface area contributed by atoms with Crippen LogP contribution in [0.2, 0.25) is 0 Å². The largest absolute Gasteiger partial charge is 0.494 e. The van der Waals surface area contributed by atoms with Crippen LogP contribution < -0.4 is 10.2 Å². The van der Waals surface area contributed by atoms with Crippen molar-refractivity contribution in [1.29, 1.82) is 0 Å². The summed E-state index contributed by atoms with van der Waals surface area (Å²) < 4.78 is 18.9. The number of H-pyrrole nitrogens is 1. The number of pyridine rings is 1. The molecule has 0 saturated carbocycles. The molecule has 0 amide bonds. The van der Waals surface area contributed by atoms with Crippen molar-refractivity contribution in [2.24, 2.45) is 0 Å². The molecular formula is C11H9FINO2. The number of nitrogens with one attached hydrogen (secondary N) is 1. The molecule has 1 aromatic heterocycles. The Morgan fingerprint density at radius 2 is 2.12 bits per heavy atom. The van der Waals surface area contributed by atoms with Crippen LogP contribution in [0.15, 0.2) is 16.9 Å². The van der Waals surface area contributed by atoms with Gasteiger partial charge in [0.2, 0.25) is 5.43 Å². The van der Waals surface area contributed by atoms with E-state index in [2.05, 4.69) is 4.98 Å². The van der Waals surface area contributed by atoms with Gasteiger partial charge in [0.05, 0.1) is 16.2 Å². The van der Waals surface area contributed by atoms with Crippen LogP contribution in [-0.4, -0.2) is 12.1 Å². The van der Waals surface area contributed by atoms with Crippen molar-refractivity contribution in [1.82, 2.24) is 4.98 Å². The van der Waals surface area contributed by atoms with Crippen LogP contribution in [0.4, 0.5) is 4.39 Å². The number of aromatic amines is 1. The number of fused-ring (bicyclic) bond motifs is 1. The van der Waals surface area contributed by atoms with E-state index in [0.29, 0.717) is 14.5 Å². The first kappa shape index (κ1) is 11.4. The molecule has 1 heterocycles. The van der Waals surface area contributed by atoms with E-state index in [-0.39, 0.29) is 11.2 Å². The second-order valence-electron chi connectivity index (χ2n) is 3.43. The second-order valence-corrected chi connectivity index (χ2v) is 4.50. The molecule has 0 radical (unpaired) electrons. The maximum absolute atomic E-state index is 13.5. The van der Waals surface area contributed by atoms with E-state index in [4.69, 9.17) is 4.74 Å². The third-order valence-electron chi connectivity index (χ3n) is 2.39. The molecule has 3 nitrogen and oxygen atoms in total. The predicted molar refractivity (Wildman–Crippen MR) is 68.5 cm³/mol. The first-order chi connectivity index (χ1) is 7.54. The lowest BCUT2D eigenvalue weighted by molar-refractivity contribution is 0.387. The first-order valence-electron chi connectivity index (χ1n) is 4.60. The van der Waals surface area contributed by atoms with E-state index in [9.17, 15) is 9.18 Å². The van der Waals surface area contributed by atoms with Gasteiger partial charge in [-0.05, 0) is 35.6 Å². The van der Waals surface area contributed by atoms with Crippen LogP contribution in [0, 0.1) is 16.3 Å². The fraction of sp³-hybridized carbons (Fsp3) is 0.182. The number of benzene rings is 1. The monoisotopic (exact) mass is 333 g/mol. The van der Waals surface area contributed by atoms with Gasteiger partial charge in [-0.3, -0.25) is 4.79 Å². The minimum absolute atomic E-state index is 0.128. The van der Waals surface area contributed by atoms with Crippen LogP contribution in [-0.2, 0) is 0 Å². The Labute approximate surface area is 105 Å². The Morgan fingerprint density at radius 1 is 1.44 bits per heavy atom. The van der Waals surface area contributed by atoms with Gasteiger partial charge in [0, 0.05) is 17.1 Å². The van der Waals surface area contributed by atoms with E-state index >= 15 is 0 Å². The van der Waals surface area contributed by atoms with Crippen molar-refractivity contribution in [3.63, 3.8) is 0 Å². The molecule has 0 aliphatic heterocycles. The van der Waals surface area contributed by atoms with Gasteiger partial charge in [0.25, 0.3) is 0 Å². The second kappa shape index (κ2) is 4.04. The SMILES string of the molecule is COc1cc2[nH]c(C)c(I)c(=O)c2cc1F. The van der Waals surface area contributed by atoms with Gasteiger partial charge >= 0.3 is 0 Å². The molecule has 0 fully saturated rings. The van der Waals surface area contributed by atoms with Gasteiger partial charge in [0.1, 0.15) is 0 Å². The van der Waals surface area contributed by atoms with Crippen molar-refractivity contribution >= 4 is 33.5 Å². The van der Waals surface area contributed by atoms with E-state index in [0.717, 1.165) is 5.69 Å². The van der Waals surface area contributed by atoms with Gasteiger partial charge in [-0.25, -0.2) is 4.39 Å². The lowest BCUT2D eigenvalue weighted by Gasteiger charge is -2.06. The molecule has 0 bridgehead atoms. The van der Waals surface area contributed by atoms with Crippen LogP contribution in [0.5, 0.6) is 5.75 Å². The molecule has 0 aliphatic carbocycles. The summed E-state index contributed by atoms with van der Waals surface area (Å²) in [7, 11) is 1.39. The third-order valence-corrected chi connectivity index (χ3v) is 3.69. The molecule has 0 atom stereocenters. The van der Waals surface area contributed by atoms with Gasteiger partial charge < -0.3 is 9.72 Å². The summed E-state index contributed by atoms with van der Waals surface area (Å²) in [5, 5.41) is 0.341. The number of aromatic nitrogens is 1. The Bertz CT molecular complexity index is 621. The zero-order valence-corrected chi connectivity index (χ0v) is 10.9. The van der Waals surface area contributed by atoms with Crippen LogP contribution >= 0.6 is 22.6 Å². The number of halogens is 2. The van der Waals surface area contributed by atoms with Gasteiger partial charge in [-0.1, -0.05) is 0 Å². The lowest BCUT2D eigenvalue weighted by Crippen LogP contribution is -2.10. The lowest BCUT2D eigenvalue weighted by atomic mass is 10.2. The highest BCUT2D eigenvalue weighted by atomic mass is 127. The smallest absolute Gasteiger partial charge is 0.203 e. The topological polar surface area (TPSA) is 42.1 Å². The number of aryl methyl sites for hydroxylation is 1. The van der Waals surface area contributed by atoms with Crippen LogP contribution in [0.1, 0.15) is 5.69 Å². The van der Waals surface area contributed by atoms with Crippen molar-refractivity contribution in [2.75, 3.05) is 7.11 Å². The highest BCUT2D eigenvalue weighted by Gasteiger charge is 2.11. The molecule has 0 unspecified atom stereocenters. The molecule has 5 heteroatoms. The fourth-order valence-electron chi connectivity index (χ4n) is 1.55. The Kier molecular flexibility index (Phi) is 2.88. The van der Waals surface area contributed by atoms with E-state index in [1.165, 1.54) is 19.2 Å². The number of hydrogen-bond donors (Lipinski definition) is 1. The zero-order valence-electron chi connectivity index (χ0n) is 8.73. The fourth-order valence-corrected chi connectivity index (χ4v) is 1.97. The normalized spacial score (nSPS) is 10.8. The van der Waals surface area contributed by atoms with Crippen LogP contribution in [0.3, 0.4) is 0 Å². The van der Waals surface area contributed by atoms with E-state index in [1.54, 1.807) is 6.92 Å². The summed E-state index contributed by atoms with van der Waals surface area (Å²) in [6.07, 6.45) is 0. The molecule has 16 heavy (non-hydrogen) atoms. The highest BCUT2D eigenvalue weighted by Crippen LogP contribution is 2.22. The molecule has 0 spiro atoms. The zero-order chi connectivity index (χ0) is 11.9. The minimum atomic E-state index is -0.528. The summed E-state index contributed by atoms with van der Waals surface area (Å²) in [5.74, 6) is -0.399. The molecular weight excluding hydrogens is 324 g/mol. The van der Waals surface area contributed by atoms with Gasteiger partial charge in [0.15, 0.2) is 11.6 Å². The molecule has 1 aromatic carbocycles. The number of rotatable bonds is 1. The van der Waals surface area contributed by atoms with Crippen molar-refractivity contribution in [2.45, 2.75) is 6.92 Å². The first-order valence-corrected chi connectivity index (χ1v) is 5.68. The number of methoxy groups -OCH3 is 1. The van der Waals surface area contributed by atoms with Crippen molar-refractivity contribution < 1.29 is 9.13 Å². The summed E-state index contributed by atoms with van der Waals surface area (Å²) in [6, 6.07) is 2.70. The molecule has 2 rings (SSSR count). The standard InChI is InChI=1S/C11H9FINO2/c1-5-10(13)11(15)6-3-7(12)9(16-2)4-8(6)14-5/h3-4H,1-2H3,(H,14,15). The summed E-state index contributed by atoms with van der Waals surface area (Å²) in [4.78, 5) is 14.9. The van der Waals surface area contributed by atoms with Crippen molar-refractivity contribution in [3.05, 3.63) is 37.4 Å². The molecule has 0 aliphatic rings. The average molecular weight is 333 g/mol. The third kappa shape index (κ3) is 1.68. The maximum Gasteiger partial charge on any atom is 0.203 e. The number of hydrogen-bond acceptors (Lipinski definition) is 2. The van der Waals surface area contributed by atoms with Crippen LogP contribution in [0.25, 0.3) is 10.9 Å². The predicted octanol–water partition coefficient (Wildman–Crippen LogP) is 2.59. The summed E-state index contributed by atoms with van der Waals surface area (Å²) >= 11 is 1.95. The minimum Gasteiger partial charge on any atom is -0.494 e. The van der Waals surface area contributed by atoms with E-state index < -0.39 is 5.82 Å². The van der Waals surface area contributed by atoms with Crippen molar-refractivity contribution in [3.8, 4) is 5.75 Å². The Morgan fingerprint density at radius 3 is 2.75 bits per heavy atom. The molecule has 84 valence electrons. The van der Waals surface area contributed by atoms with E-state index in [1.807, 2.05) is 22.6 Å². The quantitative estimate of drug-likeness (QED) is 0.815. The molecule has 1 N–H and O–H groups in total. The average Bonchev–Trinajstić information content (AvgIpc) is 2.27. The molecule has 2 aromatic rings. The summed E-state index contributed by atoms with van der Waals surface area (Å²) in [6.45, 7) is 1.80. The van der Waals surface area contributed by atoms with Gasteiger partial charge in [-0.2, -0.15) is 0 Å². The molecule has 0 saturated heterocycles. The Balaban J connectivity index is 2.92. The maximum atomic E-state index is 13.5. The highest BCUT2D eigenvalue weighted by molar-refractivity contribution is 14.1.